The van der Waals surface area contributed by atoms with Crippen LogP contribution in [0.5, 0.6) is 0 Å². The average Bonchev–Trinajstić information content (AvgIpc) is 2.73. The molecular weight excluding hydrogens is 280 g/mol. The van der Waals surface area contributed by atoms with Crippen molar-refractivity contribution in [2.75, 3.05) is 25.1 Å². The van der Waals surface area contributed by atoms with E-state index in [0.717, 1.165) is 16.8 Å². The summed E-state index contributed by atoms with van der Waals surface area (Å²) in [4.78, 5) is 19.6. The van der Waals surface area contributed by atoms with Crippen molar-refractivity contribution in [3.8, 4) is 0 Å². The zero-order chi connectivity index (χ0) is 15.9. The van der Waals surface area contributed by atoms with Gasteiger partial charge >= 0.3 is 0 Å². The van der Waals surface area contributed by atoms with Gasteiger partial charge in [0.1, 0.15) is 11.3 Å². The van der Waals surface area contributed by atoms with Crippen LogP contribution in [0.3, 0.4) is 0 Å². The molecule has 5 nitrogen and oxygen atoms in total. The number of nitrogens with zero attached hydrogens (tertiary/aromatic N) is 2. The number of rotatable bonds is 2. The second-order valence-corrected chi connectivity index (χ2v) is 6.14. The van der Waals surface area contributed by atoms with Gasteiger partial charge in [0.25, 0.3) is 5.91 Å². The maximum Gasteiger partial charge on any atom is 0.255 e. The first-order valence-corrected chi connectivity index (χ1v) is 7.59. The summed E-state index contributed by atoms with van der Waals surface area (Å²) in [7, 11) is 1.65. The van der Waals surface area contributed by atoms with Gasteiger partial charge in [-0.3, -0.25) is 9.69 Å². The molecule has 2 aliphatic rings. The zero-order valence-electron chi connectivity index (χ0n) is 13.3. The molecule has 0 aliphatic carbocycles. The Bertz CT molecular complexity index is 631. The Hall–Kier alpha value is -1.85. The molecule has 0 unspecified atom stereocenters. The third kappa shape index (κ3) is 2.21. The molecule has 0 bridgehead atoms. The monoisotopic (exact) mass is 302 g/mol. The number of anilines is 1. The van der Waals surface area contributed by atoms with Crippen molar-refractivity contribution in [1.29, 1.82) is 0 Å². The van der Waals surface area contributed by atoms with Crippen LogP contribution in [-0.4, -0.2) is 41.8 Å². The highest BCUT2D eigenvalue weighted by Gasteiger charge is 2.50. The summed E-state index contributed by atoms with van der Waals surface area (Å²) >= 11 is 0. The van der Waals surface area contributed by atoms with Gasteiger partial charge in [0.15, 0.2) is 0 Å². The van der Waals surface area contributed by atoms with E-state index >= 15 is 0 Å². The lowest BCUT2D eigenvalue weighted by atomic mass is 9.85. The number of amides is 1. The van der Waals surface area contributed by atoms with E-state index in [0.29, 0.717) is 25.9 Å². The van der Waals surface area contributed by atoms with E-state index in [1.54, 1.807) is 12.0 Å². The molecule has 1 amide bonds. The number of carbonyl (C=O) groups excluding carboxylic acids is 1. The molecule has 118 valence electrons. The standard InChI is InChI=1S/C17H22N2O3/c1-12-4-5-13(2)14(10-12)19-16(21)11-15(20)17(19)6-8-18(22-3)9-7-17/h4-5,10-11,20H,6-9H2,1-3H3. The third-order valence-electron chi connectivity index (χ3n) is 4.80. The summed E-state index contributed by atoms with van der Waals surface area (Å²) in [6.45, 7) is 5.37. The predicted octanol–water partition coefficient (Wildman–Crippen LogP) is 2.49. The molecular formula is C17H22N2O3. The van der Waals surface area contributed by atoms with Crippen molar-refractivity contribution >= 4 is 11.6 Å². The Morgan fingerprint density at radius 1 is 1.23 bits per heavy atom. The summed E-state index contributed by atoms with van der Waals surface area (Å²) in [6.07, 6.45) is 2.68. The molecule has 1 aromatic carbocycles. The largest absolute Gasteiger partial charge is 0.510 e. The van der Waals surface area contributed by atoms with Crippen LogP contribution in [0.1, 0.15) is 24.0 Å². The van der Waals surface area contributed by atoms with Crippen LogP contribution in [0, 0.1) is 13.8 Å². The summed E-state index contributed by atoms with van der Waals surface area (Å²) < 4.78 is 0. The predicted molar refractivity (Wildman–Crippen MR) is 84.7 cm³/mol. The minimum Gasteiger partial charge on any atom is -0.510 e. The summed E-state index contributed by atoms with van der Waals surface area (Å²) in [6, 6.07) is 6.07. The number of aliphatic hydroxyl groups excluding tert-OH is 1. The quantitative estimate of drug-likeness (QED) is 0.912. The second-order valence-electron chi connectivity index (χ2n) is 6.14. The number of benzene rings is 1. The normalized spacial score (nSPS) is 21.5. The Kier molecular flexibility index (Phi) is 3.70. The van der Waals surface area contributed by atoms with Gasteiger partial charge in [-0.1, -0.05) is 12.1 Å². The van der Waals surface area contributed by atoms with Gasteiger partial charge in [-0.25, -0.2) is 0 Å². The lowest BCUT2D eigenvalue weighted by molar-refractivity contribution is -0.150. The average molecular weight is 302 g/mol. The molecule has 1 N–H and O–H groups in total. The van der Waals surface area contributed by atoms with E-state index in [-0.39, 0.29) is 11.7 Å². The topological polar surface area (TPSA) is 53.0 Å². The smallest absolute Gasteiger partial charge is 0.255 e. The zero-order valence-corrected chi connectivity index (χ0v) is 13.3. The molecule has 1 spiro atoms. The van der Waals surface area contributed by atoms with E-state index in [1.165, 1.54) is 6.08 Å². The van der Waals surface area contributed by atoms with E-state index in [4.69, 9.17) is 4.84 Å². The van der Waals surface area contributed by atoms with E-state index in [2.05, 4.69) is 0 Å². The molecule has 3 rings (SSSR count). The van der Waals surface area contributed by atoms with Gasteiger partial charge in [0.2, 0.25) is 0 Å². The highest BCUT2D eigenvalue weighted by Crippen LogP contribution is 2.43. The molecule has 0 radical (unpaired) electrons. The van der Waals surface area contributed by atoms with Gasteiger partial charge in [-0.05, 0) is 43.9 Å². The molecule has 1 saturated heterocycles. The van der Waals surface area contributed by atoms with Crippen LogP contribution < -0.4 is 4.90 Å². The fourth-order valence-corrected chi connectivity index (χ4v) is 3.47. The number of hydroxylamine groups is 2. The molecule has 5 heteroatoms. The van der Waals surface area contributed by atoms with Gasteiger partial charge in [0.05, 0.1) is 7.11 Å². The maximum atomic E-state index is 12.5. The van der Waals surface area contributed by atoms with Crippen molar-refractivity contribution < 1.29 is 14.7 Å². The van der Waals surface area contributed by atoms with Crippen molar-refractivity contribution in [3.63, 3.8) is 0 Å². The fraction of sp³-hybridized carbons (Fsp3) is 0.471. The molecule has 2 heterocycles. The van der Waals surface area contributed by atoms with E-state index in [1.807, 2.05) is 37.1 Å². The Balaban J connectivity index is 2.02. The first-order valence-electron chi connectivity index (χ1n) is 7.59. The number of hydrogen-bond acceptors (Lipinski definition) is 4. The Morgan fingerprint density at radius 3 is 2.55 bits per heavy atom. The van der Waals surface area contributed by atoms with E-state index < -0.39 is 5.54 Å². The molecule has 1 aromatic rings. The van der Waals surface area contributed by atoms with E-state index in [9.17, 15) is 9.90 Å². The Labute approximate surface area is 130 Å². The maximum absolute atomic E-state index is 12.5. The van der Waals surface area contributed by atoms with Gasteiger partial charge in [0, 0.05) is 24.9 Å². The van der Waals surface area contributed by atoms with Crippen molar-refractivity contribution in [2.24, 2.45) is 0 Å². The lowest BCUT2D eigenvalue weighted by Crippen LogP contribution is -2.55. The molecule has 0 aromatic heterocycles. The SMILES string of the molecule is CON1CCC2(CC1)C(O)=CC(=O)N2c1cc(C)ccc1C. The highest BCUT2D eigenvalue weighted by atomic mass is 16.7. The van der Waals surface area contributed by atoms with Crippen LogP contribution >= 0.6 is 0 Å². The molecule has 0 atom stereocenters. The van der Waals surface area contributed by atoms with Crippen molar-refractivity contribution in [3.05, 3.63) is 41.2 Å². The first-order chi connectivity index (χ1) is 10.5. The second kappa shape index (κ2) is 5.41. The fourth-order valence-electron chi connectivity index (χ4n) is 3.47. The number of carbonyl (C=O) groups is 1. The summed E-state index contributed by atoms with van der Waals surface area (Å²) in [5.74, 6) is 0.0335. The third-order valence-corrected chi connectivity index (χ3v) is 4.80. The molecule has 22 heavy (non-hydrogen) atoms. The van der Waals surface area contributed by atoms with Crippen molar-refractivity contribution in [1.82, 2.24) is 5.06 Å². The van der Waals surface area contributed by atoms with Crippen LogP contribution in [0.15, 0.2) is 30.0 Å². The van der Waals surface area contributed by atoms with Crippen LogP contribution in [0.2, 0.25) is 0 Å². The van der Waals surface area contributed by atoms with Gasteiger partial charge in [-0.2, -0.15) is 5.06 Å². The number of piperidine rings is 1. The molecule has 2 aliphatic heterocycles. The highest BCUT2D eigenvalue weighted by molar-refractivity contribution is 6.07. The van der Waals surface area contributed by atoms with Crippen LogP contribution in [-0.2, 0) is 9.63 Å². The number of aliphatic hydroxyl groups is 1. The summed E-state index contributed by atoms with van der Waals surface area (Å²) in [5.41, 5.74) is 2.39. The molecule has 1 fully saturated rings. The minimum absolute atomic E-state index is 0.142. The number of aryl methyl sites for hydroxylation is 2. The lowest BCUT2D eigenvalue weighted by Gasteiger charge is -2.44. The Morgan fingerprint density at radius 2 is 1.91 bits per heavy atom. The van der Waals surface area contributed by atoms with Crippen LogP contribution in [0.4, 0.5) is 5.69 Å². The summed E-state index contributed by atoms with van der Waals surface area (Å²) in [5, 5.41) is 12.3. The van der Waals surface area contributed by atoms with Gasteiger partial charge < -0.3 is 9.94 Å². The van der Waals surface area contributed by atoms with Crippen LogP contribution in [0.25, 0.3) is 0 Å². The first kappa shape index (κ1) is 15.1. The molecule has 0 saturated carbocycles. The minimum atomic E-state index is -0.634. The van der Waals surface area contributed by atoms with Gasteiger partial charge in [-0.15, -0.1) is 0 Å². The number of hydrogen-bond donors (Lipinski definition) is 1. The van der Waals surface area contributed by atoms with Crippen molar-refractivity contribution in [2.45, 2.75) is 32.2 Å².